The van der Waals surface area contributed by atoms with Crippen molar-refractivity contribution >= 4 is 8.25 Å². The molecule has 0 aromatic carbocycles. The average Bonchev–Trinajstić information content (AvgIpc) is 1.27. The van der Waals surface area contributed by atoms with Crippen molar-refractivity contribution in [2.45, 2.75) is 12.9 Å². The van der Waals surface area contributed by atoms with E-state index in [-0.39, 0.29) is 0 Å². The van der Waals surface area contributed by atoms with E-state index >= 15 is 0 Å². The molecular formula is C2H4O4P+. The summed E-state index contributed by atoms with van der Waals surface area (Å²) in [6.07, 6.45) is 0. The molecule has 7 heavy (non-hydrogen) atoms. The van der Waals surface area contributed by atoms with Crippen LogP contribution in [0, 0.1) is 0 Å². The highest BCUT2D eigenvalue weighted by Crippen LogP contribution is 2.45. The van der Waals surface area contributed by atoms with Gasteiger partial charge in [-0.3, -0.25) is 0 Å². The molecule has 1 saturated heterocycles. The minimum atomic E-state index is -2.01. The largest absolute Gasteiger partial charge is 0.709 e. The fourth-order valence-corrected chi connectivity index (χ4v) is 0.850. The molecule has 1 fully saturated rings. The second-order valence-corrected chi connectivity index (χ2v) is 2.12. The van der Waals surface area contributed by atoms with Gasteiger partial charge in [-0.2, -0.15) is 0 Å². The lowest BCUT2D eigenvalue weighted by Gasteiger charge is -2.14. The first-order valence-electron chi connectivity index (χ1n) is 1.68. The van der Waals surface area contributed by atoms with Gasteiger partial charge < -0.3 is 5.11 Å². The SMILES string of the molecule is CC1(O)O[P+](=O)O1. The quantitative estimate of drug-likeness (QED) is 0.472. The van der Waals surface area contributed by atoms with Gasteiger partial charge in [0, 0.05) is 11.5 Å². The minimum Gasteiger partial charge on any atom is -0.337 e. The molecule has 0 amide bonds. The molecule has 1 heterocycles. The second-order valence-electron chi connectivity index (χ2n) is 1.30. The molecule has 40 valence electrons. The van der Waals surface area contributed by atoms with Crippen LogP contribution in [0.5, 0.6) is 0 Å². The predicted octanol–water partition coefficient (Wildman–Crippen LogP) is 0.357. The van der Waals surface area contributed by atoms with Gasteiger partial charge >= 0.3 is 14.2 Å². The Morgan fingerprint density at radius 1 is 1.71 bits per heavy atom. The van der Waals surface area contributed by atoms with E-state index in [4.69, 9.17) is 5.11 Å². The van der Waals surface area contributed by atoms with Gasteiger partial charge in [0.1, 0.15) is 0 Å². The average molecular weight is 123 g/mol. The number of hydrogen-bond donors (Lipinski definition) is 1. The van der Waals surface area contributed by atoms with Crippen LogP contribution >= 0.6 is 8.25 Å². The van der Waals surface area contributed by atoms with Crippen molar-refractivity contribution in [3.63, 3.8) is 0 Å². The van der Waals surface area contributed by atoms with E-state index < -0.39 is 14.2 Å². The molecule has 1 rings (SSSR count). The van der Waals surface area contributed by atoms with Crippen molar-refractivity contribution < 1.29 is 18.7 Å². The van der Waals surface area contributed by atoms with Gasteiger partial charge in [-0.15, -0.1) is 0 Å². The van der Waals surface area contributed by atoms with Crippen LogP contribution in [0.15, 0.2) is 0 Å². The zero-order valence-electron chi connectivity index (χ0n) is 3.62. The van der Waals surface area contributed by atoms with Gasteiger partial charge in [-0.05, 0) is 9.05 Å². The zero-order chi connectivity index (χ0) is 5.49. The Morgan fingerprint density at radius 2 is 2.14 bits per heavy atom. The van der Waals surface area contributed by atoms with Crippen LogP contribution in [-0.4, -0.2) is 11.1 Å². The van der Waals surface area contributed by atoms with E-state index in [0.29, 0.717) is 0 Å². The zero-order valence-corrected chi connectivity index (χ0v) is 4.51. The third-order valence-corrected chi connectivity index (χ3v) is 1.46. The van der Waals surface area contributed by atoms with E-state index in [2.05, 4.69) is 9.05 Å². The lowest BCUT2D eigenvalue weighted by molar-refractivity contribution is -0.313. The fraction of sp³-hybridized carbons (Fsp3) is 1.00. The first-order valence-corrected chi connectivity index (χ1v) is 2.78. The molecule has 0 unspecified atom stereocenters. The van der Waals surface area contributed by atoms with Crippen molar-refractivity contribution in [2.75, 3.05) is 0 Å². The summed E-state index contributed by atoms with van der Waals surface area (Å²) in [7, 11) is -2.01. The van der Waals surface area contributed by atoms with Crippen LogP contribution in [0.2, 0.25) is 0 Å². The second kappa shape index (κ2) is 1.23. The van der Waals surface area contributed by atoms with Gasteiger partial charge in [-0.25, -0.2) is 0 Å². The Balaban J connectivity index is 2.43. The summed E-state index contributed by atoms with van der Waals surface area (Å²) in [4.78, 5) is 0. The minimum absolute atomic E-state index is 1.27. The van der Waals surface area contributed by atoms with Crippen molar-refractivity contribution in [3.8, 4) is 0 Å². The molecule has 0 radical (unpaired) electrons. The summed E-state index contributed by atoms with van der Waals surface area (Å²) < 4.78 is 18.2. The third-order valence-electron chi connectivity index (χ3n) is 0.488. The highest BCUT2D eigenvalue weighted by Gasteiger charge is 2.56. The molecule has 0 bridgehead atoms. The lowest BCUT2D eigenvalue weighted by atomic mass is 10.7. The molecule has 0 atom stereocenters. The molecule has 4 nitrogen and oxygen atoms in total. The Bertz CT molecular complexity index is 98.3. The molecule has 1 aliphatic heterocycles. The third kappa shape index (κ3) is 0.951. The first kappa shape index (κ1) is 5.12. The van der Waals surface area contributed by atoms with Gasteiger partial charge in [0.15, 0.2) is 0 Å². The van der Waals surface area contributed by atoms with E-state index in [1.807, 2.05) is 0 Å². The Kier molecular flexibility index (Phi) is 0.900. The number of aliphatic hydroxyl groups is 1. The van der Waals surface area contributed by atoms with Crippen LogP contribution in [0.1, 0.15) is 6.92 Å². The predicted molar refractivity (Wildman–Crippen MR) is 20.4 cm³/mol. The first-order chi connectivity index (χ1) is 3.10. The highest BCUT2D eigenvalue weighted by molar-refractivity contribution is 7.34. The lowest BCUT2D eigenvalue weighted by Crippen LogP contribution is -2.34. The summed E-state index contributed by atoms with van der Waals surface area (Å²) in [5.41, 5.74) is 0. The molecule has 0 aromatic rings. The Hall–Kier alpha value is -0.0200. The van der Waals surface area contributed by atoms with Crippen molar-refractivity contribution in [1.29, 1.82) is 0 Å². The van der Waals surface area contributed by atoms with E-state index in [9.17, 15) is 4.57 Å². The molecule has 0 aromatic heterocycles. The van der Waals surface area contributed by atoms with Gasteiger partial charge in [0.25, 0.3) is 0 Å². The summed E-state index contributed by atoms with van der Waals surface area (Å²) in [5.74, 6) is -1.59. The van der Waals surface area contributed by atoms with Gasteiger partial charge in [-0.1, -0.05) is 0 Å². The van der Waals surface area contributed by atoms with Gasteiger partial charge in [0.2, 0.25) is 0 Å². The Labute approximate surface area is 41.0 Å². The molecular weight excluding hydrogens is 119 g/mol. The molecule has 0 aliphatic carbocycles. The maximum atomic E-state index is 9.86. The Morgan fingerprint density at radius 3 is 2.14 bits per heavy atom. The normalized spacial score (nSPS) is 45.7. The van der Waals surface area contributed by atoms with Gasteiger partial charge in [0.05, 0.1) is 0 Å². The van der Waals surface area contributed by atoms with Crippen LogP contribution in [0.4, 0.5) is 0 Å². The summed E-state index contributed by atoms with van der Waals surface area (Å²) >= 11 is 0. The topological polar surface area (TPSA) is 55.8 Å². The van der Waals surface area contributed by atoms with Crippen LogP contribution in [-0.2, 0) is 13.6 Å². The van der Waals surface area contributed by atoms with E-state index in [1.165, 1.54) is 6.92 Å². The molecule has 0 spiro atoms. The molecule has 5 heteroatoms. The molecule has 0 saturated carbocycles. The monoisotopic (exact) mass is 123 g/mol. The summed E-state index contributed by atoms with van der Waals surface area (Å²) in [5, 5.41) is 8.46. The van der Waals surface area contributed by atoms with Crippen LogP contribution in [0.3, 0.4) is 0 Å². The number of rotatable bonds is 0. The van der Waals surface area contributed by atoms with Crippen molar-refractivity contribution in [1.82, 2.24) is 0 Å². The highest BCUT2D eigenvalue weighted by atomic mass is 31.1. The standard InChI is InChI=1S/C2H4O4P/c1-2(3)5-7(4)6-2/h3H,1H3/q+1. The van der Waals surface area contributed by atoms with Crippen LogP contribution in [0.25, 0.3) is 0 Å². The fourth-order valence-electron chi connectivity index (χ4n) is 0.283. The molecule has 1 N–H and O–H groups in total. The van der Waals surface area contributed by atoms with E-state index in [1.54, 1.807) is 0 Å². The van der Waals surface area contributed by atoms with E-state index in [0.717, 1.165) is 0 Å². The molecule has 1 aliphatic rings. The smallest absolute Gasteiger partial charge is 0.337 e. The maximum Gasteiger partial charge on any atom is 0.709 e. The summed E-state index contributed by atoms with van der Waals surface area (Å²) in [6, 6.07) is 0. The number of hydrogen-bond acceptors (Lipinski definition) is 4. The van der Waals surface area contributed by atoms with Crippen molar-refractivity contribution in [3.05, 3.63) is 0 Å². The van der Waals surface area contributed by atoms with Crippen molar-refractivity contribution in [2.24, 2.45) is 0 Å². The summed E-state index contributed by atoms with van der Waals surface area (Å²) in [6.45, 7) is 1.27. The van der Waals surface area contributed by atoms with Crippen LogP contribution < -0.4 is 0 Å². The maximum absolute atomic E-state index is 9.86.